The molecule has 0 aromatic rings. The van der Waals surface area contributed by atoms with Crippen LogP contribution >= 0.6 is 0 Å². The molecule has 0 unspecified atom stereocenters. The van der Waals surface area contributed by atoms with Crippen molar-refractivity contribution >= 4 is 23.9 Å². The van der Waals surface area contributed by atoms with Crippen molar-refractivity contribution in [2.24, 2.45) is 56.7 Å². The van der Waals surface area contributed by atoms with Gasteiger partial charge >= 0.3 is 23.9 Å². The van der Waals surface area contributed by atoms with Crippen LogP contribution in [-0.4, -0.2) is 46.3 Å². The fourth-order valence-corrected chi connectivity index (χ4v) is 11.6. The molecule has 8 heteroatoms. The monoisotopic (exact) mass is 586 g/mol. The van der Waals surface area contributed by atoms with E-state index in [0.29, 0.717) is 31.6 Å². The van der Waals surface area contributed by atoms with Crippen LogP contribution in [0.25, 0.3) is 0 Å². The molecule has 0 aliphatic heterocycles. The molecule has 12 atom stereocenters. The minimum Gasteiger partial charge on any atom is -0.481 e. The molecule has 5 aliphatic carbocycles. The molecule has 8 nitrogen and oxygen atoms in total. The number of carbonyl (C=O) groups excluding carboxylic acids is 2. The smallest absolute Gasteiger partial charge is 0.313 e. The summed E-state index contributed by atoms with van der Waals surface area (Å²) in [7, 11) is 0. The van der Waals surface area contributed by atoms with Crippen molar-refractivity contribution in [2.45, 2.75) is 119 Å². The van der Waals surface area contributed by atoms with E-state index < -0.39 is 52.3 Å². The first-order chi connectivity index (χ1) is 19.4. The Morgan fingerprint density at radius 2 is 1.48 bits per heavy atom. The van der Waals surface area contributed by atoms with E-state index in [-0.39, 0.29) is 34.5 Å². The zero-order chi connectivity index (χ0) is 31.2. The van der Waals surface area contributed by atoms with Gasteiger partial charge in [-0.15, -0.1) is 0 Å². The van der Waals surface area contributed by atoms with Crippen molar-refractivity contribution in [3.8, 4) is 0 Å². The first kappa shape index (κ1) is 31.1. The van der Waals surface area contributed by atoms with E-state index in [4.69, 9.17) is 9.47 Å². The molecule has 0 bridgehead atoms. The zero-order valence-electron chi connectivity index (χ0n) is 26.6. The third-order valence-corrected chi connectivity index (χ3v) is 14.0. The molecule has 42 heavy (non-hydrogen) atoms. The van der Waals surface area contributed by atoms with Crippen LogP contribution in [0.3, 0.4) is 0 Å². The molecular formula is C34H50O8. The van der Waals surface area contributed by atoms with Gasteiger partial charge in [-0.3, -0.25) is 19.2 Å². The molecule has 4 fully saturated rings. The second kappa shape index (κ2) is 9.82. The predicted molar refractivity (Wildman–Crippen MR) is 155 cm³/mol. The normalized spacial score (nSPS) is 49.6. The van der Waals surface area contributed by atoms with E-state index in [2.05, 4.69) is 40.7 Å². The minimum absolute atomic E-state index is 0.0152. The summed E-state index contributed by atoms with van der Waals surface area (Å²) in [4.78, 5) is 50.6. The Bertz CT molecular complexity index is 1220. The molecule has 4 saturated carbocycles. The molecule has 0 aromatic carbocycles. The van der Waals surface area contributed by atoms with Crippen LogP contribution < -0.4 is 0 Å². The standard InChI is InChI=1S/C34H50O8/c1-18-11-14-34(29(39)40)16-15-31(6)22(26(34)19(18)2)9-10-24-30(5)17-23(41-20(3)35)27(42-21(4)36)33(8,28(37)38)25(30)12-13-32(24,31)7/h9,18-19,23-27H,10-17H2,1-8H3,(H,37,38)(H,39,40)/t18-,19+,23+,24+,25-,26+,27-,30+,31+,32+,33+,34-/m0/s1. The van der Waals surface area contributed by atoms with Gasteiger partial charge in [-0.25, -0.2) is 0 Å². The lowest BCUT2D eigenvalue weighted by molar-refractivity contribution is -0.250. The van der Waals surface area contributed by atoms with Crippen LogP contribution in [0, 0.1) is 56.7 Å². The molecule has 5 aliphatic rings. The summed E-state index contributed by atoms with van der Waals surface area (Å²) >= 11 is 0. The number of aliphatic carboxylic acids is 2. The number of allylic oxidation sites excluding steroid dienone is 2. The first-order valence-corrected chi connectivity index (χ1v) is 15.9. The van der Waals surface area contributed by atoms with Crippen LogP contribution in [0.15, 0.2) is 11.6 Å². The summed E-state index contributed by atoms with van der Waals surface area (Å²) in [5, 5.41) is 21.4. The van der Waals surface area contributed by atoms with E-state index in [9.17, 15) is 29.4 Å². The van der Waals surface area contributed by atoms with Gasteiger partial charge in [-0.2, -0.15) is 0 Å². The zero-order valence-corrected chi connectivity index (χ0v) is 26.6. The van der Waals surface area contributed by atoms with Gasteiger partial charge in [0.2, 0.25) is 0 Å². The molecule has 0 heterocycles. The van der Waals surface area contributed by atoms with Crippen LogP contribution in [0.1, 0.15) is 107 Å². The number of carboxylic acids is 2. The molecule has 0 aromatic heterocycles. The molecule has 5 rings (SSSR count). The van der Waals surface area contributed by atoms with E-state index in [1.807, 2.05) is 0 Å². The quantitative estimate of drug-likeness (QED) is 0.292. The average molecular weight is 587 g/mol. The van der Waals surface area contributed by atoms with E-state index in [1.165, 1.54) is 19.4 Å². The van der Waals surface area contributed by atoms with E-state index in [1.54, 1.807) is 6.92 Å². The molecular weight excluding hydrogens is 536 g/mol. The van der Waals surface area contributed by atoms with Gasteiger partial charge in [0.05, 0.1) is 5.41 Å². The lowest BCUT2D eigenvalue weighted by Crippen LogP contribution is -2.69. The molecule has 2 N–H and O–H groups in total. The van der Waals surface area contributed by atoms with Gasteiger partial charge in [0.1, 0.15) is 11.5 Å². The minimum atomic E-state index is -1.44. The van der Waals surface area contributed by atoms with Gasteiger partial charge in [0.25, 0.3) is 0 Å². The maximum Gasteiger partial charge on any atom is 0.313 e. The Morgan fingerprint density at radius 1 is 0.833 bits per heavy atom. The van der Waals surface area contributed by atoms with E-state index in [0.717, 1.165) is 25.7 Å². The number of hydrogen-bond acceptors (Lipinski definition) is 6. The van der Waals surface area contributed by atoms with Crippen molar-refractivity contribution in [1.82, 2.24) is 0 Å². The topological polar surface area (TPSA) is 127 Å². The summed E-state index contributed by atoms with van der Waals surface area (Å²) < 4.78 is 11.5. The highest BCUT2D eigenvalue weighted by Gasteiger charge is 2.73. The first-order valence-electron chi connectivity index (χ1n) is 15.9. The van der Waals surface area contributed by atoms with Crippen LogP contribution in [-0.2, 0) is 28.7 Å². The lowest BCUT2D eigenvalue weighted by atomic mass is 9.33. The summed E-state index contributed by atoms with van der Waals surface area (Å²) in [5.41, 5.74) is -1.82. The van der Waals surface area contributed by atoms with Gasteiger partial charge in [0.15, 0.2) is 6.10 Å². The number of fused-ring (bicyclic) bond motifs is 7. The van der Waals surface area contributed by atoms with Crippen LogP contribution in [0.2, 0.25) is 0 Å². The molecule has 0 radical (unpaired) electrons. The largest absolute Gasteiger partial charge is 0.481 e. The third-order valence-electron chi connectivity index (χ3n) is 14.0. The Hall–Kier alpha value is -2.38. The lowest BCUT2D eigenvalue weighted by Gasteiger charge is -2.71. The summed E-state index contributed by atoms with van der Waals surface area (Å²) in [6.45, 7) is 15.6. The highest BCUT2D eigenvalue weighted by Crippen LogP contribution is 2.76. The Balaban J connectivity index is 1.64. The fraction of sp³-hybridized carbons (Fsp3) is 0.824. The number of rotatable bonds is 4. The average Bonchev–Trinajstić information content (AvgIpc) is 2.88. The van der Waals surface area contributed by atoms with Crippen LogP contribution in [0.4, 0.5) is 0 Å². The van der Waals surface area contributed by atoms with Crippen molar-refractivity contribution in [1.29, 1.82) is 0 Å². The second-order valence-corrected chi connectivity index (χ2v) is 15.6. The number of esters is 2. The third kappa shape index (κ3) is 3.91. The maximum absolute atomic E-state index is 13.2. The Kier molecular flexibility index (Phi) is 7.26. The SMILES string of the molecule is CC(=O)O[C@@H]1C[C@]2(C)[C@H]3CC=C4[C@H]5[C@H](C)[C@@H](C)CC[C@]5(C(=O)O)CC[C@@]4(C)[C@]3(C)CC[C@@H]2[C@@](C)(C(=O)O)[C@H]1OC(C)=O. The number of carbonyl (C=O) groups is 4. The van der Waals surface area contributed by atoms with Crippen LogP contribution in [0.5, 0.6) is 0 Å². The number of ether oxygens (including phenoxy) is 2. The van der Waals surface area contributed by atoms with Crippen molar-refractivity contribution < 1.29 is 38.9 Å². The highest BCUT2D eigenvalue weighted by atomic mass is 16.6. The van der Waals surface area contributed by atoms with Gasteiger partial charge in [-0.05, 0) is 104 Å². The fourth-order valence-electron chi connectivity index (χ4n) is 11.6. The molecule has 0 saturated heterocycles. The molecule has 234 valence electrons. The number of carboxylic acid groups (broad SMARTS) is 2. The summed E-state index contributed by atoms with van der Waals surface area (Å²) in [6, 6.07) is 0. The summed E-state index contributed by atoms with van der Waals surface area (Å²) in [6.07, 6.45) is 6.04. The van der Waals surface area contributed by atoms with Crippen molar-refractivity contribution in [3.05, 3.63) is 11.6 Å². The summed E-state index contributed by atoms with van der Waals surface area (Å²) in [5.74, 6) is -2.35. The second-order valence-electron chi connectivity index (χ2n) is 15.6. The molecule has 0 spiro atoms. The predicted octanol–water partition coefficient (Wildman–Crippen LogP) is 6.27. The molecule has 0 amide bonds. The Morgan fingerprint density at radius 3 is 2.05 bits per heavy atom. The maximum atomic E-state index is 13.2. The van der Waals surface area contributed by atoms with E-state index >= 15 is 0 Å². The number of hydrogen-bond donors (Lipinski definition) is 2. The van der Waals surface area contributed by atoms with Crippen molar-refractivity contribution in [2.75, 3.05) is 0 Å². The highest BCUT2D eigenvalue weighted by molar-refractivity contribution is 5.78. The van der Waals surface area contributed by atoms with Gasteiger partial charge < -0.3 is 19.7 Å². The van der Waals surface area contributed by atoms with Gasteiger partial charge in [-0.1, -0.05) is 46.3 Å². The van der Waals surface area contributed by atoms with Gasteiger partial charge in [0, 0.05) is 13.8 Å². The van der Waals surface area contributed by atoms with Crippen molar-refractivity contribution in [3.63, 3.8) is 0 Å². The Labute approximate surface area is 250 Å².